The van der Waals surface area contributed by atoms with E-state index in [1.165, 1.54) is 11.3 Å². The summed E-state index contributed by atoms with van der Waals surface area (Å²) in [5.74, 6) is 1.07. The Morgan fingerprint density at radius 3 is 2.80 bits per heavy atom. The molecule has 1 spiro atoms. The highest BCUT2D eigenvalue weighted by atomic mass is 35.5. The minimum absolute atomic E-state index is 0.132. The number of halogens is 1. The lowest BCUT2D eigenvalue weighted by molar-refractivity contribution is -0.139. The second-order valence-electron chi connectivity index (χ2n) is 8.54. The maximum absolute atomic E-state index is 13.7. The summed E-state index contributed by atoms with van der Waals surface area (Å²) in [5.41, 5.74) is 1.51. The Hall–Kier alpha value is -3.31. The number of aliphatic hydroxyl groups excluding tert-OH is 1. The number of hydrogen-bond acceptors (Lipinski definition) is 8. The SMILES string of the molecule is Cn1nccc1Nc1nccc(-c2cc3c(s2)C2(COC2)N(C(CO)c2cccc(Cl)c2)C3=O)n1. The smallest absolute Gasteiger partial charge is 0.256 e. The van der Waals surface area contributed by atoms with Gasteiger partial charge < -0.3 is 20.1 Å². The highest BCUT2D eigenvalue weighted by Gasteiger charge is 2.58. The molecule has 5 heterocycles. The van der Waals surface area contributed by atoms with Crippen LogP contribution in [0, 0.1) is 0 Å². The number of aryl methyl sites for hydroxylation is 1. The van der Waals surface area contributed by atoms with E-state index in [1.54, 1.807) is 34.1 Å². The highest BCUT2D eigenvalue weighted by Crippen LogP contribution is 2.53. The van der Waals surface area contributed by atoms with Crippen LogP contribution >= 0.6 is 22.9 Å². The Labute approximate surface area is 210 Å². The van der Waals surface area contributed by atoms with Gasteiger partial charge in [0.2, 0.25) is 5.95 Å². The van der Waals surface area contributed by atoms with Gasteiger partial charge in [-0.1, -0.05) is 23.7 Å². The molecule has 2 aliphatic heterocycles. The number of hydrogen-bond donors (Lipinski definition) is 2. The molecule has 0 radical (unpaired) electrons. The predicted octanol–water partition coefficient (Wildman–Crippen LogP) is 3.75. The molecular formula is C24H21ClN6O3S. The van der Waals surface area contributed by atoms with E-state index in [0.717, 1.165) is 21.1 Å². The fourth-order valence-corrected chi connectivity index (χ4v) is 6.15. The molecule has 6 rings (SSSR count). The number of rotatable bonds is 6. The normalized spacial score (nSPS) is 16.9. The summed E-state index contributed by atoms with van der Waals surface area (Å²) >= 11 is 7.73. The summed E-state index contributed by atoms with van der Waals surface area (Å²) in [4.78, 5) is 26.2. The van der Waals surface area contributed by atoms with Crippen LogP contribution in [0.15, 0.2) is 54.9 Å². The van der Waals surface area contributed by atoms with Crippen molar-refractivity contribution in [1.29, 1.82) is 0 Å². The van der Waals surface area contributed by atoms with Crippen molar-refractivity contribution in [2.75, 3.05) is 25.1 Å². The van der Waals surface area contributed by atoms with Crippen LogP contribution in [0.3, 0.4) is 0 Å². The molecule has 0 aliphatic carbocycles. The van der Waals surface area contributed by atoms with E-state index in [0.29, 0.717) is 35.4 Å². The van der Waals surface area contributed by atoms with E-state index < -0.39 is 11.6 Å². The molecule has 0 bridgehead atoms. The fourth-order valence-electron chi connectivity index (χ4n) is 4.68. The second kappa shape index (κ2) is 8.42. The summed E-state index contributed by atoms with van der Waals surface area (Å²) in [6.07, 6.45) is 3.37. The Kier molecular flexibility index (Phi) is 5.33. The van der Waals surface area contributed by atoms with Crippen LogP contribution in [0.4, 0.5) is 11.8 Å². The summed E-state index contributed by atoms with van der Waals surface area (Å²) in [5, 5.41) is 18.2. The number of benzene rings is 1. The van der Waals surface area contributed by atoms with Crippen molar-refractivity contribution in [2.24, 2.45) is 7.05 Å². The molecular weight excluding hydrogens is 488 g/mol. The minimum atomic E-state index is -0.617. The zero-order valence-corrected chi connectivity index (χ0v) is 20.3. The number of carbonyl (C=O) groups excluding carboxylic acids is 1. The van der Waals surface area contributed by atoms with Crippen LogP contribution < -0.4 is 5.32 Å². The molecule has 11 heteroatoms. The lowest BCUT2D eigenvalue weighted by Crippen LogP contribution is -2.58. The number of thiophene rings is 1. The third-order valence-electron chi connectivity index (χ3n) is 6.43. The van der Waals surface area contributed by atoms with Gasteiger partial charge in [-0.25, -0.2) is 9.97 Å². The van der Waals surface area contributed by atoms with Gasteiger partial charge in [0.15, 0.2) is 0 Å². The first kappa shape index (κ1) is 22.2. The van der Waals surface area contributed by atoms with Gasteiger partial charge in [-0.05, 0) is 29.8 Å². The standard InChI is InChI=1S/C24H21ClN6O3S/c1-30-20(6-8-27-30)29-23-26-7-5-17(28-23)19-10-16-21(35-19)24(12-34-13-24)31(22(16)33)18(11-32)14-3-2-4-15(25)9-14/h2-10,18,32H,11-13H2,1H3,(H,26,28,29). The van der Waals surface area contributed by atoms with E-state index in [4.69, 9.17) is 16.3 Å². The van der Waals surface area contributed by atoms with Crippen molar-refractivity contribution in [3.63, 3.8) is 0 Å². The highest BCUT2D eigenvalue weighted by molar-refractivity contribution is 7.16. The molecule has 178 valence electrons. The predicted molar refractivity (Wildman–Crippen MR) is 132 cm³/mol. The van der Waals surface area contributed by atoms with Crippen LogP contribution in [-0.4, -0.2) is 55.5 Å². The van der Waals surface area contributed by atoms with Crippen LogP contribution in [0.5, 0.6) is 0 Å². The van der Waals surface area contributed by atoms with Crippen molar-refractivity contribution < 1.29 is 14.6 Å². The van der Waals surface area contributed by atoms with Crippen molar-refractivity contribution in [3.8, 4) is 10.6 Å². The number of nitrogens with zero attached hydrogens (tertiary/aromatic N) is 5. The van der Waals surface area contributed by atoms with Crippen LogP contribution in [0.1, 0.15) is 26.8 Å². The molecule has 4 aromatic rings. The first-order valence-electron chi connectivity index (χ1n) is 11.0. The number of aliphatic hydroxyl groups is 1. The molecule has 1 amide bonds. The Morgan fingerprint density at radius 1 is 1.26 bits per heavy atom. The van der Waals surface area contributed by atoms with E-state index in [-0.39, 0.29) is 12.5 Å². The van der Waals surface area contributed by atoms with Gasteiger partial charge in [0.1, 0.15) is 11.4 Å². The van der Waals surface area contributed by atoms with E-state index >= 15 is 0 Å². The maximum atomic E-state index is 13.7. The quantitative estimate of drug-likeness (QED) is 0.408. The van der Waals surface area contributed by atoms with Crippen molar-refractivity contribution in [3.05, 3.63) is 75.9 Å². The Bertz CT molecular complexity index is 1430. The number of amides is 1. The monoisotopic (exact) mass is 508 g/mol. The van der Waals surface area contributed by atoms with Gasteiger partial charge in [0.05, 0.1) is 48.2 Å². The lowest BCUT2D eigenvalue weighted by Gasteiger charge is -2.48. The third kappa shape index (κ3) is 3.52. The molecule has 1 unspecified atom stereocenters. The third-order valence-corrected chi connectivity index (χ3v) is 8.02. The maximum Gasteiger partial charge on any atom is 0.256 e. The molecule has 2 aliphatic rings. The number of ether oxygens (including phenoxy) is 1. The zero-order valence-electron chi connectivity index (χ0n) is 18.7. The van der Waals surface area contributed by atoms with Gasteiger partial charge in [-0.15, -0.1) is 11.3 Å². The molecule has 1 fully saturated rings. The summed E-state index contributed by atoms with van der Waals surface area (Å²) in [6.45, 7) is 0.532. The molecule has 35 heavy (non-hydrogen) atoms. The zero-order chi connectivity index (χ0) is 24.2. The van der Waals surface area contributed by atoms with Crippen molar-refractivity contribution in [1.82, 2.24) is 24.6 Å². The summed E-state index contributed by atoms with van der Waals surface area (Å²) in [7, 11) is 1.83. The summed E-state index contributed by atoms with van der Waals surface area (Å²) < 4.78 is 7.31. The number of aromatic nitrogens is 4. The topological polar surface area (TPSA) is 105 Å². The largest absolute Gasteiger partial charge is 0.394 e. The number of carbonyl (C=O) groups is 1. The number of anilines is 2. The second-order valence-corrected chi connectivity index (χ2v) is 10.0. The molecule has 0 saturated carbocycles. The average Bonchev–Trinajstić information content (AvgIpc) is 3.50. The molecule has 3 aromatic heterocycles. The number of fused-ring (bicyclic) bond motifs is 2. The van der Waals surface area contributed by atoms with E-state index in [2.05, 4.69) is 20.4 Å². The van der Waals surface area contributed by atoms with Gasteiger partial charge in [-0.2, -0.15) is 5.10 Å². The molecule has 1 aromatic carbocycles. The molecule has 1 atom stereocenters. The molecule has 2 N–H and O–H groups in total. The van der Waals surface area contributed by atoms with Crippen LogP contribution in [0.2, 0.25) is 5.02 Å². The van der Waals surface area contributed by atoms with Gasteiger partial charge in [-0.3, -0.25) is 9.48 Å². The lowest BCUT2D eigenvalue weighted by atomic mass is 9.92. The minimum Gasteiger partial charge on any atom is -0.394 e. The molecule has 9 nitrogen and oxygen atoms in total. The van der Waals surface area contributed by atoms with E-state index in [1.807, 2.05) is 37.4 Å². The Balaban J connectivity index is 1.35. The average molecular weight is 509 g/mol. The van der Waals surface area contributed by atoms with Gasteiger partial charge >= 0.3 is 0 Å². The van der Waals surface area contributed by atoms with Crippen LogP contribution in [-0.2, 0) is 17.3 Å². The first-order valence-corrected chi connectivity index (χ1v) is 12.2. The summed E-state index contributed by atoms with van der Waals surface area (Å²) in [6, 6.07) is 12.3. The van der Waals surface area contributed by atoms with E-state index in [9.17, 15) is 9.90 Å². The van der Waals surface area contributed by atoms with Crippen molar-refractivity contribution in [2.45, 2.75) is 11.6 Å². The van der Waals surface area contributed by atoms with Crippen LogP contribution in [0.25, 0.3) is 10.6 Å². The van der Waals surface area contributed by atoms with Crippen molar-refractivity contribution >= 4 is 40.6 Å². The first-order chi connectivity index (χ1) is 17.0. The number of nitrogens with one attached hydrogen (secondary N) is 1. The fraction of sp³-hybridized carbons (Fsp3) is 0.250. The Morgan fingerprint density at radius 2 is 2.11 bits per heavy atom. The van der Waals surface area contributed by atoms with Gasteiger partial charge in [0, 0.05) is 29.2 Å². The van der Waals surface area contributed by atoms with Gasteiger partial charge in [0.25, 0.3) is 5.91 Å². The molecule has 1 saturated heterocycles.